The Morgan fingerprint density at radius 3 is 2.50 bits per heavy atom. The largest absolute Gasteiger partial charge is 0.366 e. The lowest BCUT2D eigenvalue weighted by atomic mass is 10.1. The zero-order valence-corrected chi connectivity index (χ0v) is 10.4. The van der Waals surface area contributed by atoms with Crippen molar-refractivity contribution in [2.24, 2.45) is 5.84 Å². The first kappa shape index (κ1) is 12.3. The highest BCUT2D eigenvalue weighted by Gasteiger charge is 1.98. The monoisotopic (exact) mass is 243 g/mol. The van der Waals surface area contributed by atoms with Crippen LogP contribution in [0.3, 0.4) is 0 Å². The minimum absolute atomic E-state index is 0.404. The van der Waals surface area contributed by atoms with E-state index < -0.39 is 0 Å². The Hall–Kier alpha value is -2.14. The van der Waals surface area contributed by atoms with E-state index in [9.17, 15) is 0 Å². The van der Waals surface area contributed by atoms with E-state index in [0.717, 1.165) is 18.8 Å². The van der Waals surface area contributed by atoms with Crippen LogP contribution in [0.1, 0.15) is 18.1 Å². The Morgan fingerprint density at radius 1 is 1.11 bits per heavy atom. The van der Waals surface area contributed by atoms with Crippen LogP contribution in [0.4, 0.5) is 11.8 Å². The van der Waals surface area contributed by atoms with Gasteiger partial charge in [-0.25, -0.2) is 10.8 Å². The van der Waals surface area contributed by atoms with Crippen LogP contribution in [0, 0.1) is 0 Å². The molecule has 0 unspecified atom stereocenters. The van der Waals surface area contributed by atoms with Gasteiger partial charge < -0.3 is 5.32 Å². The maximum atomic E-state index is 5.26. The maximum absolute atomic E-state index is 5.26. The number of aryl methyl sites for hydroxylation is 1. The second-order valence-electron chi connectivity index (χ2n) is 3.93. The highest BCUT2D eigenvalue weighted by Crippen LogP contribution is 2.09. The quantitative estimate of drug-likeness (QED) is 0.552. The predicted molar refractivity (Wildman–Crippen MR) is 73.0 cm³/mol. The van der Waals surface area contributed by atoms with Crippen LogP contribution in [-0.4, -0.2) is 9.97 Å². The van der Waals surface area contributed by atoms with Crippen molar-refractivity contribution in [3.63, 3.8) is 0 Å². The minimum Gasteiger partial charge on any atom is -0.366 e. The van der Waals surface area contributed by atoms with Crippen molar-refractivity contribution in [3.8, 4) is 0 Å². The van der Waals surface area contributed by atoms with Gasteiger partial charge in [-0.3, -0.25) is 5.43 Å². The summed E-state index contributed by atoms with van der Waals surface area (Å²) in [5.74, 6) is 6.41. The van der Waals surface area contributed by atoms with E-state index in [-0.39, 0.29) is 0 Å². The van der Waals surface area contributed by atoms with Gasteiger partial charge in [0.25, 0.3) is 0 Å². The molecule has 1 aromatic carbocycles. The molecule has 0 fully saturated rings. The number of hydrogen-bond donors (Lipinski definition) is 3. The molecule has 1 heterocycles. The van der Waals surface area contributed by atoms with Crippen LogP contribution < -0.4 is 16.6 Å². The summed E-state index contributed by atoms with van der Waals surface area (Å²) in [5.41, 5.74) is 4.98. The zero-order chi connectivity index (χ0) is 12.8. The number of nitrogens with one attached hydrogen (secondary N) is 2. The first-order valence-electron chi connectivity index (χ1n) is 5.93. The molecule has 2 rings (SSSR count). The van der Waals surface area contributed by atoms with Gasteiger partial charge in [0.05, 0.1) is 0 Å². The van der Waals surface area contributed by atoms with Gasteiger partial charge in [0, 0.05) is 12.7 Å². The molecule has 5 nitrogen and oxygen atoms in total. The topological polar surface area (TPSA) is 75.9 Å². The summed E-state index contributed by atoms with van der Waals surface area (Å²) >= 11 is 0. The normalized spacial score (nSPS) is 10.1. The van der Waals surface area contributed by atoms with Gasteiger partial charge in [0.15, 0.2) is 0 Å². The molecule has 0 radical (unpaired) electrons. The second kappa shape index (κ2) is 5.97. The third kappa shape index (κ3) is 3.18. The highest BCUT2D eigenvalue weighted by molar-refractivity contribution is 5.39. The molecule has 0 amide bonds. The average molecular weight is 243 g/mol. The van der Waals surface area contributed by atoms with E-state index in [0.29, 0.717) is 5.95 Å². The van der Waals surface area contributed by atoms with Crippen molar-refractivity contribution in [2.75, 3.05) is 10.7 Å². The van der Waals surface area contributed by atoms with E-state index in [1.165, 1.54) is 11.1 Å². The van der Waals surface area contributed by atoms with E-state index in [1.54, 1.807) is 12.3 Å². The van der Waals surface area contributed by atoms with Crippen molar-refractivity contribution in [1.29, 1.82) is 0 Å². The molecule has 4 N–H and O–H groups in total. The number of rotatable bonds is 5. The number of aromatic nitrogens is 2. The van der Waals surface area contributed by atoms with Crippen LogP contribution >= 0.6 is 0 Å². The number of benzene rings is 1. The molecule has 1 aromatic heterocycles. The number of nitrogen functional groups attached to an aromatic ring is 1. The van der Waals surface area contributed by atoms with Crippen molar-refractivity contribution < 1.29 is 0 Å². The molecule has 0 saturated carbocycles. The Morgan fingerprint density at radius 2 is 1.83 bits per heavy atom. The summed E-state index contributed by atoms with van der Waals surface area (Å²) in [6.07, 6.45) is 2.72. The molecule has 0 bridgehead atoms. The molecular formula is C13H17N5. The number of nitrogens with zero attached hydrogens (tertiary/aromatic N) is 2. The van der Waals surface area contributed by atoms with Gasteiger partial charge in [0.2, 0.25) is 5.95 Å². The summed E-state index contributed by atoms with van der Waals surface area (Å²) in [4.78, 5) is 8.13. The smallest absolute Gasteiger partial charge is 0.239 e. The summed E-state index contributed by atoms with van der Waals surface area (Å²) < 4.78 is 0. The van der Waals surface area contributed by atoms with E-state index in [2.05, 4.69) is 51.9 Å². The number of hydrazine groups is 1. The molecule has 0 aliphatic rings. The van der Waals surface area contributed by atoms with Gasteiger partial charge >= 0.3 is 0 Å². The van der Waals surface area contributed by atoms with Crippen LogP contribution in [-0.2, 0) is 13.0 Å². The van der Waals surface area contributed by atoms with Crippen molar-refractivity contribution in [3.05, 3.63) is 47.7 Å². The lowest BCUT2D eigenvalue weighted by Crippen LogP contribution is -2.11. The standard InChI is InChI=1S/C13H17N5/c1-2-10-3-5-11(6-4-10)9-16-12-7-8-15-13(17-12)18-14/h3-8H,2,9,14H2,1H3,(H2,15,16,17,18). The lowest BCUT2D eigenvalue weighted by Gasteiger charge is -2.07. The number of anilines is 2. The fraction of sp³-hybridized carbons (Fsp3) is 0.231. The SMILES string of the molecule is CCc1ccc(CNc2ccnc(NN)n2)cc1. The summed E-state index contributed by atoms with van der Waals surface area (Å²) in [5, 5.41) is 3.23. The van der Waals surface area contributed by atoms with E-state index >= 15 is 0 Å². The summed E-state index contributed by atoms with van der Waals surface area (Å²) in [6, 6.07) is 10.3. The fourth-order valence-electron chi connectivity index (χ4n) is 1.61. The number of hydrogen-bond acceptors (Lipinski definition) is 5. The molecule has 94 valence electrons. The highest BCUT2D eigenvalue weighted by atomic mass is 15.3. The van der Waals surface area contributed by atoms with Gasteiger partial charge in [-0.1, -0.05) is 31.2 Å². The maximum Gasteiger partial charge on any atom is 0.239 e. The minimum atomic E-state index is 0.404. The van der Waals surface area contributed by atoms with Gasteiger partial charge in [-0.05, 0) is 23.6 Å². The van der Waals surface area contributed by atoms with E-state index in [1.807, 2.05) is 0 Å². The molecule has 5 heteroatoms. The molecule has 18 heavy (non-hydrogen) atoms. The molecule has 2 aromatic rings. The Labute approximate surface area is 106 Å². The number of nitrogens with two attached hydrogens (primary N) is 1. The zero-order valence-electron chi connectivity index (χ0n) is 10.4. The molecule has 0 aliphatic carbocycles. The van der Waals surface area contributed by atoms with Crippen LogP contribution in [0.2, 0.25) is 0 Å². The third-order valence-corrected chi connectivity index (χ3v) is 2.69. The fourth-order valence-corrected chi connectivity index (χ4v) is 1.61. The summed E-state index contributed by atoms with van der Waals surface area (Å²) in [7, 11) is 0. The first-order chi connectivity index (χ1) is 8.81. The second-order valence-corrected chi connectivity index (χ2v) is 3.93. The van der Waals surface area contributed by atoms with Crippen LogP contribution in [0.25, 0.3) is 0 Å². The van der Waals surface area contributed by atoms with Gasteiger partial charge in [0.1, 0.15) is 5.82 Å². The Balaban J connectivity index is 1.97. The molecular weight excluding hydrogens is 226 g/mol. The molecule has 0 spiro atoms. The van der Waals surface area contributed by atoms with Crippen LogP contribution in [0.15, 0.2) is 36.5 Å². The first-order valence-corrected chi connectivity index (χ1v) is 5.93. The van der Waals surface area contributed by atoms with Crippen molar-refractivity contribution in [1.82, 2.24) is 9.97 Å². The van der Waals surface area contributed by atoms with Crippen LogP contribution in [0.5, 0.6) is 0 Å². The van der Waals surface area contributed by atoms with E-state index in [4.69, 9.17) is 5.84 Å². The Kier molecular flexibility index (Phi) is 4.09. The molecule has 0 atom stereocenters. The third-order valence-electron chi connectivity index (χ3n) is 2.69. The average Bonchev–Trinajstić information content (AvgIpc) is 2.46. The Bertz CT molecular complexity index is 495. The summed E-state index contributed by atoms with van der Waals surface area (Å²) in [6.45, 7) is 2.88. The van der Waals surface area contributed by atoms with Gasteiger partial charge in [-0.2, -0.15) is 4.98 Å². The molecule has 0 saturated heterocycles. The van der Waals surface area contributed by atoms with Crippen molar-refractivity contribution in [2.45, 2.75) is 19.9 Å². The predicted octanol–water partition coefficient (Wildman–Crippen LogP) is 1.94. The van der Waals surface area contributed by atoms with Crippen molar-refractivity contribution >= 4 is 11.8 Å². The molecule has 0 aliphatic heterocycles. The van der Waals surface area contributed by atoms with Gasteiger partial charge in [-0.15, -0.1) is 0 Å². The lowest BCUT2D eigenvalue weighted by molar-refractivity contribution is 1.06.